The molecule has 1 fully saturated rings. The van der Waals surface area contributed by atoms with E-state index in [4.69, 9.17) is 9.47 Å². The van der Waals surface area contributed by atoms with Crippen molar-refractivity contribution >= 4 is 18.2 Å². The maximum atomic E-state index is 10.6. The van der Waals surface area contributed by atoms with Gasteiger partial charge in [0.25, 0.3) is 0 Å². The largest absolute Gasteiger partial charge is 0.496 e. The Morgan fingerprint density at radius 2 is 1.97 bits per heavy atom. The Hall–Kier alpha value is -2.77. The number of nitrogens with zero attached hydrogens (tertiary/aromatic N) is 2. The summed E-state index contributed by atoms with van der Waals surface area (Å²) < 4.78 is 15.4. The normalized spacial score (nSPS) is 12.6. The van der Waals surface area contributed by atoms with Crippen LogP contribution in [0.4, 0.5) is 0 Å². The molecule has 1 heterocycles. The van der Waals surface area contributed by atoms with E-state index in [-0.39, 0.29) is 0 Å². The highest BCUT2D eigenvalue weighted by Crippen LogP contribution is 2.42. The van der Waals surface area contributed by atoms with Gasteiger partial charge in [-0.2, -0.15) is 5.10 Å². The van der Waals surface area contributed by atoms with Crippen LogP contribution in [0.3, 0.4) is 0 Å². The molecule has 3 aromatic rings. The SMILES string of the molecule is CNSc1cc(C2CC2)ccc1OC.COc1cc(C=O)ccc1Cn1cccn1. The molecule has 1 aliphatic carbocycles. The quantitative estimate of drug-likeness (QED) is 0.422. The highest BCUT2D eigenvalue weighted by molar-refractivity contribution is 7.97. The van der Waals surface area contributed by atoms with Gasteiger partial charge in [-0.3, -0.25) is 14.2 Å². The summed E-state index contributed by atoms with van der Waals surface area (Å²) in [5.41, 5.74) is 3.06. The average molecular weight is 426 g/mol. The standard InChI is InChI=1S/C12H12N2O2.C11H15NOS/c1-16-12-7-10(9-15)3-4-11(12)8-14-6-2-5-13-14;1-12-14-11-7-9(8-3-4-8)5-6-10(11)13-2/h2-7,9H,8H2,1H3;5-8,12H,3-4H2,1-2H3. The van der Waals surface area contributed by atoms with Crippen LogP contribution in [0.1, 0.15) is 40.2 Å². The van der Waals surface area contributed by atoms with Crippen LogP contribution in [0, 0.1) is 0 Å². The first-order valence-electron chi connectivity index (χ1n) is 9.79. The fourth-order valence-corrected chi connectivity index (χ4v) is 3.75. The van der Waals surface area contributed by atoms with Gasteiger partial charge in [0.2, 0.25) is 0 Å². The minimum Gasteiger partial charge on any atom is -0.496 e. The van der Waals surface area contributed by atoms with Crippen LogP contribution in [0.2, 0.25) is 0 Å². The van der Waals surface area contributed by atoms with Crippen LogP contribution < -0.4 is 14.2 Å². The number of hydrogen-bond acceptors (Lipinski definition) is 6. The fourth-order valence-electron chi connectivity index (χ4n) is 3.09. The molecule has 0 unspecified atom stereocenters. The molecule has 0 amide bonds. The van der Waals surface area contributed by atoms with Crippen molar-refractivity contribution in [2.24, 2.45) is 0 Å². The molecule has 158 valence electrons. The first kappa shape index (κ1) is 21.9. The molecule has 6 nitrogen and oxygen atoms in total. The summed E-state index contributed by atoms with van der Waals surface area (Å²) in [6, 6.07) is 13.7. The third-order valence-corrected chi connectivity index (χ3v) is 5.53. The van der Waals surface area contributed by atoms with E-state index in [1.54, 1.807) is 49.2 Å². The molecule has 0 atom stereocenters. The van der Waals surface area contributed by atoms with Crippen molar-refractivity contribution in [3.63, 3.8) is 0 Å². The van der Waals surface area contributed by atoms with E-state index in [9.17, 15) is 4.79 Å². The van der Waals surface area contributed by atoms with Gasteiger partial charge in [-0.15, -0.1) is 0 Å². The lowest BCUT2D eigenvalue weighted by Gasteiger charge is -2.08. The Kier molecular flexibility index (Phi) is 7.93. The van der Waals surface area contributed by atoms with Gasteiger partial charge in [-0.25, -0.2) is 0 Å². The van der Waals surface area contributed by atoms with Crippen molar-refractivity contribution in [2.45, 2.75) is 30.2 Å². The minimum absolute atomic E-state index is 0.612. The molecule has 0 bridgehead atoms. The van der Waals surface area contributed by atoms with Crippen molar-refractivity contribution in [3.8, 4) is 11.5 Å². The number of hydrogen-bond donors (Lipinski definition) is 1. The van der Waals surface area contributed by atoms with Crippen LogP contribution in [-0.4, -0.2) is 37.3 Å². The molecule has 0 radical (unpaired) electrons. The van der Waals surface area contributed by atoms with E-state index >= 15 is 0 Å². The summed E-state index contributed by atoms with van der Waals surface area (Å²) in [6.45, 7) is 0.634. The van der Waals surface area contributed by atoms with Gasteiger partial charge in [0.1, 0.15) is 17.8 Å². The van der Waals surface area contributed by atoms with Crippen molar-refractivity contribution in [2.75, 3.05) is 21.3 Å². The molecule has 1 aromatic heterocycles. The minimum atomic E-state index is 0.612. The summed E-state index contributed by atoms with van der Waals surface area (Å²) in [5, 5.41) is 4.12. The van der Waals surface area contributed by atoms with Crippen molar-refractivity contribution in [1.82, 2.24) is 14.5 Å². The molecule has 2 aromatic carbocycles. The molecule has 4 rings (SSSR count). The van der Waals surface area contributed by atoms with E-state index in [0.29, 0.717) is 17.9 Å². The second-order valence-corrected chi connectivity index (χ2v) is 7.94. The molecule has 1 saturated carbocycles. The van der Waals surface area contributed by atoms with E-state index in [0.717, 1.165) is 23.5 Å². The van der Waals surface area contributed by atoms with Crippen molar-refractivity contribution in [3.05, 3.63) is 71.5 Å². The van der Waals surface area contributed by atoms with E-state index < -0.39 is 0 Å². The molecule has 0 spiro atoms. The van der Waals surface area contributed by atoms with Gasteiger partial charge >= 0.3 is 0 Å². The second-order valence-electron chi connectivity index (χ2n) is 6.88. The van der Waals surface area contributed by atoms with Crippen LogP contribution in [0.25, 0.3) is 0 Å². The summed E-state index contributed by atoms with van der Waals surface area (Å²) in [4.78, 5) is 11.8. The van der Waals surface area contributed by atoms with Crippen LogP contribution >= 0.6 is 11.9 Å². The number of aromatic nitrogens is 2. The summed E-state index contributed by atoms with van der Waals surface area (Å²) in [7, 11) is 5.23. The van der Waals surface area contributed by atoms with E-state index in [1.807, 2.05) is 25.4 Å². The Labute approximate surface area is 181 Å². The molecule has 0 saturated heterocycles. The Bertz CT molecular complexity index is 956. The zero-order chi connectivity index (χ0) is 21.3. The van der Waals surface area contributed by atoms with Gasteiger partial charge in [0.05, 0.1) is 25.7 Å². The number of nitrogens with one attached hydrogen (secondary N) is 1. The average Bonchev–Trinajstić information content (AvgIpc) is 3.51. The third-order valence-electron chi connectivity index (χ3n) is 4.79. The molecule has 1 aliphatic rings. The molecule has 1 N–H and O–H groups in total. The number of methoxy groups -OCH3 is 2. The first-order valence-corrected chi connectivity index (χ1v) is 10.6. The lowest BCUT2D eigenvalue weighted by molar-refractivity contribution is 0.112. The number of benzene rings is 2. The molecular formula is C23H27N3O3S. The fraction of sp³-hybridized carbons (Fsp3) is 0.304. The summed E-state index contributed by atoms with van der Waals surface area (Å²) in [5.74, 6) is 2.46. The number of ether oxygens (including phenoxy) is 2. The topological polar surface area (TPSA) is 65.4 Å². The van der Waals surface area contributed by atoms with Crippen molar-refractivity contribution < 1.29 is 14.3 Å². The monoisotopic (exact) mass is 425 g/mol. The summed E-state index contributed by atoms with van der Waals surface area (Å²) in [6.07, 6.45) is 7.10. The molecule has 30 heavy (non-hydrogen) atoms. The zero-order valence-corrected chi connectivity index (χ0v) is 18.3. The zero-order valence-electron chi connectivity index (χ0n) is 17.5. The van der Waals surface area contributed by atoms with Gasteiger partial charge in [-0.1, -0.05) is 18.2 Å². The van der Waals surface area contributed by atoms with Gasteiger partial charge in [0, 0.05) is 23.5 Å². The molecule has 0 aliphatic heterocycles. The van der Waals surface area contributed by atoms with Gasteiger partial charge in [0.15, 0.2) is 0 Å². The Morgan fingerprint density at radius 1 is 1.17 bits per heavy atom. The highest BCUT2D eigenvalue weighted by atomic mass is 32.2. The third kappa shape index (κ3) is 5.87. The second kappa shape index (κ2) is 10.8. The Morgan fingerprint density at radius 3 is 2.57 bits per heavy atom. The van der Waals surface area contributed by atoms with Crippen LogP contribution in [0.15, 0.2) is 59.8 Å². The number of aldehydes is 1. The number of rotatable bonds is 8. The first-order chi connectivity index (χ1) is 14.7. The van der Waals surface area contributed by atoms with Crippen LogP contribution in [-0.2, 0) is 6.54 Å². The maximum absolute atomic E-state index is 10.6. The number of carbonyl (C=O) groups excluding carboxylic acids is 1. The predicted octanol–water partition coefficient (Wildman–Crippen LogP) is 4.55. The van der Waals surface area contributed by atoms with Gasteiger partial charge < -0.3 is 9.47 Å². The molecular weight excluding hydrogens is 398 g/mol. The van der Waals surface area contributed by atoms with Crippen molar-refractivity contribution in [1.29, 1.82) is 0 Å². The molecule has 7 heteroatoms. The maximum Gasteiger partial charge on any atom is 0.150 e. The van der Waals surface area contributed by atoms with E-state index in [1.165, 1.54) is 23.3 Å². The predicted molar refractivity (Wildman–Crippen MR) is 120 cm³/mol. The lowest BCUT2D eigenvalue weighted by Crippen LogP contribution is -2.02. The smallest absolute Gasteiger partial charge is 0.150 e. The lowest BCUT2D eigenvalue weighted by atomic mass is 10.1. The highest BCUT2D eigenvalue weighted by Gasteiger charge is 2.24. The van der Waals surface area contributed by atoms with E-state index in [2.05, 4.69) is 28.0 Å². The van der Waals surface area contributed by atoms with Gasteiger partial charge in [-0.05, 0) is 67.6 Å². The van der Waals surface area contributed by atoms with Crippen LogP contribution in [0.5, 0.6) is 11.5 Å². The summed E-state index contributed by atoms with van der Waals surface area (Å²) >= 11 is 1.61. The Balaban J connectivity index is 0.000000172. The number of carbonyl (C=O) groups is 1.